The van der Waals surface area contributed by atoms with Crippen LogP contribution in [-0.4, -0.2) is 22.0 Å². The predicted molar refractivity (Wildman–Crippen MR) is 79.9 cm³/mol. The maximum absolute atomic E-state index is 5.77. The van der Waals surface area contributed by atoms with Crippen molar-refractivity contribution in [1.82, 2.24) is 20.3 Å². The quantitative estimate of drug-likeness (QED) is 0.853. The molecule has 0 atom stereocenters. The number of nitrogens with zero attached hydrogens (tertiary/aromatic N) is 3. The molecule has 0 aliphatic heterocycles. The molecule has 102 valence electrons. The van der Waals surface area contributed by atoms with Crippen LogP contribution in [0.3, 0.4) is 0 Å². The van der Waals surface area contributed by atoms with Gasteiger partial charge in [0.15, 0.2) is 0 Å². The zero-order chi connectivity index (χ0) is 13.8. The smallest absolute Gasteiger partial charge is 0.148 e. The zero-order valence-electron chi connectivity index (χ0n) is 10.7. The van der Waals surface area contributed by atoms with Crippen LogP contribution in [0.1, 0.15) is 11.3 Å². The molecule has 0 saturated heterocycles. The van der Waals surface area contributed by atoms with Crippen LogP contribution in [0.4, 0.5) is 0 Å². The Hall–Kier alpha value is -0.920. The molecule has 0 radical (unpaired) electrons. The summed E-state index contributed by atoms with van der Waals surface area (Å²) in [5.41, 5.74) is 1.97. The highest BCUT2D eigenvalue weighted by Crippen LogP contribution is 2.35. The Morgan fingerprint density at radius 2 is 2.00 bits per heavy atom. The molecule has 0 spiro atoms. The number of aromatic nitrogens is 3. The van der Waals surface area contributed by atoms with E-state index in [-0.39, 0.29) is 0 Å². The van der Waals surface area contributed by atoms with E-state index in [1.54, 1.807) is 4.68 Å². The summed E-state index contributed by atoms with van der Waals surface area (Å²) >= 11 is 7.05. The van der Waals surface area contributed by atoms with Gasteiger partial charge in [-0.25, -0.2) is 0 Å². The Labute approximate surface area is 128 Å². The van der Waals surface area contributed by atoms with Crippen molar-refractivity contribution in [3.8, 4) is 5.75 Å². The molecule has 0 fully saturated rings. The summed E-state index contributed by atoms with van der Waals surface area (Å²) in [5.74, 6) is 0.769. The van der Waals surface area contributed by atoms with Crippen LogP contribution in [0.2, 0.25) is 0 Å². The van der Waals surface area contributed by atoms with Gasteiger partial charge in [-0.1, -0.05) is 5.21 Å². The molecule has 0 unspecified atom stereocenters. The summed E-state index contributed by atoms with van der Waals surface area (Å²) in [6.45, 7) is 1.19. The van der Waals surface area contributed by atoms with Crippen LogP contribution in [-0.2, 0) is 20.2 Å². The summed E-state index contributed by atoms with van der Waals surface area (Å²) in [6.07, 6.45) is 1.83. The molecule has 1 aromatic carbocycles. The molecule has 5 nitrogen and oxygen atoms in total. The Kier molecular flexibility index (Phi) is 4.95. The molecule has 0 aliphatic carbocycles. The van der Waals surface area contributed by atoms with Gasteiger partial charge < -0.3 is 10.1 Å². The van der Waals surface area contributed by atoms with Crippen LogP contribution >= 0.6 is 31.9 Å². The third-order valence-electron chi connectivity index (χ3n) is 2.45. The number of nitrogens with one attached hydrogen (secondary N) is 1. The summed E-state index contributed by atoms with van der Waals surface area (Å²) in [4.78, 5) is 0. The Balaban J connectivity index is 2.11. The lowest BCUT2D eigenvalue weighted by atomic mass is 10.2. The molecule has 2 rings (SSSR count). The summed E-state index contributed by atoms with van der Waals surface area (Å²) in [7, 11) is 3.75. The molecule has 19 heavy (non-hydrogen) atoms. The fourth-order valence-corrected chi connectivity index (χ4v) is 3.17. The highest BCUT2D eigenvalue weighted by atomic mass is 79.9. The van der Waals surface area contributed by atoms with E-state index in [0.29, 0.717) is 6.61 Å². The van der Waals surface area contributed by atoms with Gasteiger partial charge in [-0.3, -0.25) is 4.68 Å². The van der Waals surface area contributed by atoms with Crippen molar-refractivity contribution in [2.45, 2.75) is 13.2 Å². The molecule has 1 aromatic heterocycles. The first-order chi connectivity index (χ1) is 9.10. The Bertz CT molecular complexity index is 548. The third-order valence-corrected chi connectivity index (χ3v) is 3.63. The minimum absolute atomic E-state index is 0.385. The Morgan fingerprint density at radius 3 is 2.53 bits per heavy atom. The van der Waals surface area contributed by atoms with E-state index in [9.17, 15) is 0 Å². The summed E-state index contributed by atoms with van der Waals surface area (Å²) in [6, 6.07) is 4.07. The summed E-state index contributed by atoms with van der Waals surface area (Å²) < 4.78 is 9.25. The Morgan fingerprint density at radius 1 is 1.32 bits per heavy atom. The molecular formula is C12H14Br2N4O. The maximum Gasteiger partial charge on any atom is 0.148 e. The van der Waals surface area contributed by atoms with E-state index in [1.165, 1.54) is 5.56 Å². The van der Waals surface area contributed by atoms with Crippen molar-refractivity contribution < 1.29 is 4.74 Å². The molecule has 1 heterocycles. The minimum Gasteiger partial charge on any atom is -0.485 e. The molecule has 7 heteroatoms. The van der Waals surface area contributed by atoms with Crippen LogP contribution < -0.4 is 10.1 Å². The van der Waals surface area contributed by atoms with E-state index in [0.717, 1.165) is 26.9 Å². The SMILES string of the molecule is CNCc1cc(Br)c(OCc2cn(C)nn2)c(Br)c1. The average Bonchev–Trinajstić information content (AvgIpc) is 2.74. The third kappa shape index (κ3) is 3.77. The van der Waals surface area contributed by atoms with E-state index in [4.69, 9.17) is 4.74 Å². The monoisotopic (exact) mass is 388 g/mol. The molecule has 1 N–H and O–H groups in total. The number of halogens is 2. The van der Waals surface area contributed by atoms with Gasteiger partial charge in [0, 0.05) is 13.6 Å². The van der Waals surface area contributed by atoms with Crippen molar-refractivity contribution in [3.63, 3.8) is 0 Å². The van der Waals surface area contributed by atoms with E-state index in [1.807, 2.05) is 32.4 Å². The average molecular weight is 390 g/mol. The first-order valence-corrected chi connectivity index (χ1v) is 7.29. The van der Waals surface area contributed by atoms with Gasteiger partial charge >= 0.3 is 0 Å². The standard InChI is InChI=1S/C12H14Br2N4O/c1-15-5-8-3-10(13)12(11(14)4-8)19-7-9-6-18(2)17-16-9/h3-4,6,15H,5,7H2,1-2H3. The van der Waals surface area contributed by atoms with E-state index >= 15 is 0 Å². The van der Waals surface area contributed by atoms with Gasteiger partial charge in [-0.15, -0.1) is 5.10 Å². The number of rotatable bonds is 5. The highest BCUT2D eigenvalue weighted by Gasteiger charge is 2.10. The lowest BCUT2D eigenvalue weighted by Crippen LogP contribution is -2.05. The second-order valence-electron chi connectivity index (χ2n) is 4.09. The number of ether oxygens (including phenoxy) is 1. The second-order valence-corrected chi connectivity index (χ2v) is 5.80. The normalized spacial score (nSPS) is 10.7. The summed E-state index contributed by atoms with van der Waals surface area (Å²) in [5, 5.41) is 11.0. The van der Waals surface area contributed by atoms with Crippen LogP contribution in [0.5, 0.6) is 5.75 Å². The fourth-order valence-electron chi connectivity index (χ4n) is 1.66. The largest absolute Gasteiger partial charge is 0.485 e. The van der Waals surface area contributed by atoms with Crippen molar-refractivity contribution in [1.29, 1.82) is 0 Å². The van der Waals surface area contributed by atoms with Crippen molar-refractivity contribution in [2.24, 2.45) is 7.05 Å². The number of benzene rings is 1. The number of hydrogen-bond donors (Lipinski definition) is 1. The molecule has 0 saturated carbocycles. The van der Waals surface area contributed by atoms with Crippen LogP contribution in [0.15, 0.2) is 27.3 Å². The number of hydrogen-bond acceptors (Lipinski definition) is 4. The molecule has 0 aliphatic rings. The lowest BCUT2D eigenvalue weighted by Gasteiger charge is -2.11. The van der Waals surface area contributed by atoms with Gasteiger partial charge in [0.05, 0.1) is 15.1 Å². The topological polar surface area (TPSA) is 52.0 Å². The van der Waals surface area contributed by atoms with Gasteiger partial charge in [0.25, 0.3) is 0 Å². The van der Waals surface area contributed by atoms with Crippen molar-refractivity contribution in [2.75, 3.05) is 7.05 Å². The van der Waals surface area contributed by atoms with E-state index in [2.05, 4.69) is 47.5 Å². The van der Waals surface area contributed by atoms with Crippen molar-refractivity contribution in [3.05, 3.63) is 38.5 Å². The molecular weight excluding hydrogens is 376 g/mol. The number of aryl methyl sites for hydroxylation is 1. The van der Waals surface area contributed by atoms with Crippen molar-refractivity contribution >= 4 is 31.9 Å². The van der Waals surface area contributed by atoms with Gasteiger partial charge in [0.1, 0.15) is 18.1 Å². The molecule has 2 aromatic rings. The molecule has 0 amide bonds. The lowest BCUT2D eigenvalue weighted by molar-refractivity contribution is 0.297. The zero-order valence-corrected chi connectivity index (χ0v) is 13.8. The minimum atomic E-state index is 0.385. The fraction of sp³-hybridized carbons (Fsp3) is 0.333. The first-order valence-electron chi connectivity index (χ1n) is 5.70. The first kappa shape index (κ1) is 14.5. The second kappa shape index (κ2) is 6.49. The van der Waals surface area contributed by atoms with Gasteiger partial charge in [0.2, 0.25) is 0 Å². The van der Waals surface area contributed by atoms with Gasteiger partial charge in [-0.2, -0.15) is 0 Å². The predicted octanol–water partition coefficient (Wildman–Crippen LogP) is 2.64. The van der Waals surface area contributed by atoms with Crippen LogP contribution in [0, 0.1) is 0 Å². The van der Waals surface area contributed by atoms with Crippen LogP contribution in [0.25, 0.3) is 0 Å². The molecule has 0 bridgehead atoms. The highest BCUT2D eigenvalue weighted by molar-refractivity contribution is 9.11. The maximum atomic E-state index is 5.77. The van der Waals surface area contributed by atoms with Gasteiger partial charge in [-0.05, 0) is 56.6 Å². The van der Waals surface area contributed by atoms with E-state index < -0.39 is 0 Å².